The average molecular weight is 309 g/mol. The minimum atomic E-state index is 0.638. The van der Waals surface area contributed by atoms with E-state index in [1.165, 1.54) is 0 Å². The Labute approximate surface area is 116 Å². The van der Waals surface area contributed by atoms with E-state index in [2.05, 4.69) is 33.2 Å². The van der Waals surface area contributed by atoms with E-state index in [0.29, 0.717) is 12.5 Å². The van der Waals surface area contributed by atoms with Crippen molar-refractivity contribution in [3.8, 4) is 5.88 Å². The summed E-state index contributed by atoms with van der Waals surface area (Å²) in [7, 11) is 0. The molecule has 3 nitrogen and oxygen atoms in total. The monoisotopic (exact) mass is 308 g/mol. The van der Waals surface area contributed by atoms with Gasteiger partial charge in [0.2, 0.25) is 5.88 Å². The van der Waals surface area contributed by atoms with Gasteiger partial charge in [-0.25, -0.2) is 4.98 Å². The van der Waals surface area contributed by atoms with Crippen molar-refractivity contribution < 1.29 is 4.74 Å². The maximum Gasteiger partial charge on any atom is 0.221 e. The smallest absolute Gasteiger partial charge is 0.221 e. The van der Waals surface area contributed by atoms with Gasteiger partial charge in [0.25, 0.3) is 0 Å². The molecule has 0 aliphatic carbocycles. The molecule has 0 spiro atoms. The predicted molar refractivity (Wildman–Crippen MR) is 78.1 cm³/mol. The highest BCUT2D eigenvalue weighted by atomic mass is 79.9. The largest absolute Gasteiger partial charge is 0.476 e. The van der Waals surface area contributed by atoms with Crippen LogP contribution in [0.1, 0.15) is 13.3 Å². The van der Waals surface area contributed by atoms with Crippen molar-refractivity contribution in [2.45, 2.75) is 13.3 Å². The molecule has 18 heavy (non-hydrogen) atoms. The summed E-state index contributed by atoms with van der Waals surface area (Å²) in [6, 6.07) is 8.04. The molecule has 0 radical (unpaired) electrons. The molecule has 1 heterocycles. The van der Waals surface area contributed by atoms with Crippen LogP contribution >= 0.6 is 15.9 Å². The van der Waals surface area contributed by atoms with E-state index < -0.39 is 0 Å². The Kier molecular flexibility index (Phi) is 4.96. The lowest BCUT2D eigenvalue weighted by molar-refractivity contribution is 0.306. The zero-order chi connectivity index (χ0) is 12.8. The number of aromatic nitrogens is 1. The number of benzene rings is 1. The second-order valence-corrected chi connectivity index (χ2v) is 4.90. The molecule has 0 aliphatic rings. The maximum atomic E-state index is 5.73. The first-order valence-electron chi connectivity index (χ1n) is 6.19. The van der Waals surface area contributed by atoms with Crippen molar-refractivity contribution in [1.29, 1.82) is 0 Å². The zero-order valence-corrected chi connectivity index (χ0v) is 12.0. The molecule has 2 rings (SSSR count). The van der Waals surface area contributed by atoms with Gasteiger partial charge in [0.1, 0.15) is 6.61 Å². The molecule has 0 saturated carbocycles. The molecular weight excluding hydrogens is 292 g/mol. The molecule has 0 aliphatic heterocycles. The highest BCUT2D eigenvalue weighted by Gasteiger charge is 2.05. The minimum Gasteiger partial charge on any atom is -0.476 e. The van der Waals surface area contributed by atoms with Gasteiger partial charge in [0.15, 0.2) is 0 Å². The van der Waals surface area contributed by atoms with Gasteiger partial charge >= 0.3 is 0 Å². The lowest BCUT2D eigenvalue weighted by Crippen LogP contribution is -2.21. The number of halogens is 1. The van der Waals surface area contributed by atoms with Gasteiger partial charge in [-0.05, 0) is 31.2 Å². The molecule has 0 unspecified atom stereocenters. The van der Waals surface area contributed by atoms with E-state index in [4.69, 9.17) is 4.74 Å². The second-order valence-electron chi connectivity index (χ2n) is 4.05. The summed E-state index contributed by atoms with van der Waals surface area (Å²) in [6.45, 7) is 4.66. The van der Waals surface area contributed by atoms with Crippen LogP contribution in [-0.2, 0) is 0 Å². The lowest BCUT2D eigenvalue weighted by atomic mass is 10.2. The number of nitrogens with zero attached hydrogens (tertiary/aromatic N) is 1. The molecule has 2 aromatic rings. The number of ether oxygens (including phenoxy) is 1. The first-order chi connectivity index (χ1) is 8.83. The van der Waals surface area contributed by atoms with E-state index in [-0.39, 0.29) is 0 Å². The maximum absolute atomic E-state index is 5.73. The normalized spacial score (nSPS) is 10.8. The van der Waals surface area contributed by atoms with Gasteiger partial charge in [-0.3, -0.25) is 0 Å². The standard InChI is InChI=1S/C14H17BrN2O/c1-2-7-16-9-10-18-14-12-4-3-5-13(15)11(12)6-8-17-14/h3-6,8,16H,2,7,9-10H2,1H3. The highest BCUT2D eigenvalue weighted by molar-refractivity contribution is 9.10. The fourth-order valence-electron chi connectivity index (χ4n) is 1.78. The summed E-state index contributed by atoms with van der Waals surface area (Å²) >= 11 is 3.54. The molecule has 0 fully saturated rings. The first kappa shape index (κ1) is 13.3. The van der Waals surface area contributed by atoms with Gasteiger partial charge in [0.05, 0.1) is 0 Å². The Hall–Kier alpha value is -1.13. The fourth-order valence-corrected chi connectivity index (χ4v) is 2.28. The molecule has 1 aromatic heterocycles. The van der Waals surface area contributed by atoms with Crippen LogP contribution in [0, 0.1) is 0 Å². The van der Waals surface area contributed by atoms with Gasteiger partial charge in [-0.15, -0.1) is 0 Å². The Balaban J connectivity index is 2.07. The first-order valence-corrected chi connectivity index (χ1v) is 6.99. The summed E-state index contributed by atoms with van der Waals surface area (Å²) in [5, 5.41) is 5.48. The van der Waals surface area contributed by atoms with E-state index in [1.54, 1.807) is 6.20 Å². The van der Waals surface area contributed by atoms with Crippen LogP contribution in [0.2, 0.25) is 0 Å². The minimum absolute atomic E-state index is 0.638. The number of pyridine rings is 1. The number of fused-ring (bicyclic) bond motifs is 1. The van der Waals surface area contributed by atoms with E-state index in [1.807, 2.05) is 24.3 Å². The van der Waals surface area contributed by atoms with Crippen molar-refractivity contribution in [3.63, 3.8) is 0 Å². The molecular formula is C14H17BrN2O. The molecule has 0 amide bonds. The summed E-state index contributed by atoms with van der Waals surface area (Å²) < 4.78 is 6.79. The Morgan fingerprint density at radius 1 is 1.22 bits per heavy atom. The lowest BCUT2D eigenvalue weighted by Gasteiger charge is -2.09. The third-order valence-corrected chi connectivity index (χ3v) is 3.35. The van der Waals surface area contributed by atoms with Crippen molar-refractivity contribution in [2.75, 3.05) is 19.7 Å². The highest BCUT2D eigenvalue weighted by Crippen LogP contribution is 2.28. The van der Waals surface area contributed by atoms with Gasteiger partial charge in [-0.1, -0.05) is 28.9 Å². The van der Waals surface area contributed by atoms with Crippen molar-refractivity contribution in [3.05, 3.63) is 34.9 Å². The van der Waals surface area contributed by atoms with Crippen LogP contribution in [0.5, 0.6) is 5.88 Å². The van der Waals surface area contributed by atoms with Crippen LogP contribution < -0.4 is 10.1 Å². The van der Waals surface area contributed by atoms with Crippen LogP contribution in [-0.4, -0.2) is 24.7 Å². The third kappa shape index (κ3) is 3.21. The Bertz CT molecular complexity index is 516. The number of rotatable bonds is 6. The Morgan fingerprint density at radius 3 is 2.94 bits per heavy atom. The van der Waals surface area contributed by atoms with Crippen LogP contribution in [0.3, 0.4) is 0 Å². The quantitative estimate of drug-likeness (QED) is 0.831. The molecule has 4 heteroatoms. The summed E-state index contributed by atoms with van der Waals surface area (Å²) in [4.78, 5) is 4.29. The molecule has 0 bridgehead atoms. The summed E-state index contributed by atoms with van der Waals surface area (Å²) in [6.07, 6.45) is 2.92. The number of hydrogen-bond donors (Lipinski definition) is 1. The molecule has 1 aromatic carbocycles. The number of nitrogens with one attached hydrogen (secondary N) is 1. The second kappa shape index (κ2) is 6.71. The van der Waals surface area contributed by atoms with Gasteiger partial charge in [-0.2, -0.15) is 0 Å². The van der Waals surface area contributed by atoms with E-state index in [0.717, 1.165) is 34.8 Å². The van der Waals surface area contributed by atoms with Crippen LogP contribution in [0.4, 0.5) is 0 Å². The van der Waals surface area contributed by atoms with Crippen molar-refractivity contribution >= 4 is 26.7 Å². The summed E-state index contributed by atoms with van der Waals surface area (Å²) in [5.74, 6) is 0.701. The molecule has 96 valence electrons. The summed E-state index contributed by atoms with van der Waals surface area (Å²) in [5.41, 5.74) is 0. The van der Waals surface area contributed by atoms with Crippen LogP contribution in [0.25, 0.3) is 10.8 Å². The van der Waals surface area contributed by atoms with E-state index >= 15 is 0 Å². The molecule has 0 atom stereocenters. The van der Waals surface area contributed by atoms with E-state index in [9.17, 15) is 0 Å². The average Bonchev–Trinajstić information content (AvgIpc) is 2.39. The third-order valence-electron chi connectivity index (χ3n) is 2.66. The fraction of sp³-hybridized carbons (Fsp3) is 0.357. The molecule has 1 N–H and O–H groups in total. The van der Waals surface area contributed by atoms with Gasteiger partial charge in [0, 0.05) is 28.0 Å². The van der Waals surface area contributed by atoms with Crippen molar-refractivity contribution in [1.82, 2.24) is 10.3 Å². The molecule has 0 saturated heterocycles. The topological polar surface area (TPSA) is 34.1 Å². The predicted octanol–water partition coefficient (Wildman–Crippen LogP) is 3.38. The van der Waals surface area contributed by atoms with Crippen LogP contribution in [0.15, 0.2) is 34.9 Å². The Morgan fingerprint density at radius 2 is 2.11 bits per heavy atom. The number of hydrogen-bond acceptors (Lipinski definition) is 3. The van der Waals surface area contributed by atoms with Gasteiger partial charge < -0.3 is 10.1 Å². The van der Waals surface area contributed by atoms with Crippen molar-refractivity contribution in [2.24, 2.45) is 0 Å². The SMILES string of the molecule is CCCNCCOc1nccc2c(Br)cccc12. The zero-order valence-electron chi connectivity index (χ0n) is 10.4.